The minimum Gasteiger partial charge on any atom is -0.507 e. The summed E-state index contributed by atoms with van der Waals surface area (Å²) in [5.74, 6) is -2.72. The monoisotopic (exact) mass is 411 g/mol. The number of benzene rings is 1. The smallest absolute Gasteiger partial charge is 0.492 e. The minimum absolute atomic E-state index is 0.0274. The zero-order chi connectivity index (χ0) is 22.2. The number of aromatic hydroxyl groups is 1. The first-order valence-electron chi connectivity index (χ1n) is 9.32. The van der Waals surface area contributed by atoms with Gasteiger partial charge >= 0.3 is 13.2 Å². The molecule has 6 nitrogen and oxygen atoms in total. The van der Waals surface area contributed by atoms with Gasteiger partial charge in [0.2, 0.25) is 0 Å². The fraction of sp³-hybridized carbons (Fsp3) is 0.550. The van der Waals surface area contributed by atoms with Crippen LogP contribution in [0.1, 0.15) is 54.0 Å². The Hall–Kier alpha value is -2.13. The maximum atomic E-state index is 13.7. The summed E-state index contributed by atoms with van der Waals surface area (Å²) < 4.78 is 44.2. The van der Waals surface area contributed by atoms with Crippen molar-refractivity contribution in [3.63, 3.8) is 0 Å². The van der Waals surface area contributed by atoms with Gasteiger partial charge in [0.15, 0.2) is 11.6 Å². The van der Waals surface area contributed by atoms with Crippen LogP contribution in [0.3, 0.4) is 0 Å². The van der Waals surface area contributed by atoms with Crippen molar-refractivity contribution in [3.8, 4) is 5.75 Å². The maximum absolute atomic E-state index is 13.7. The molecule has 1 aliphatic rings. The molecule has 1 heterocycles. The summed E-state index contributed by atoms with van der Waals surface area (Å²) in [4.78, 5) is 12.0. The van der Waals surface area contributed by atoms with Gasteiger partial charge in [-0.3, -0.25) is 0 Å². The number of rotatable bonds is 4. The van der Waals surface area contributed by atoms with Crippen LogP contribution >= 0.6 is 0 Å². The lowest BCUT2D eigenvalue weighted by Crippen LogP contribution is -2.41. The van der Waals surface area contributed by atoms with E-state index in [0.717, 1.165) is 6.07 Å². The van der Waals surface area contributed by atoms with E-state index in [9.17, 15) is 18.7 Å². The molecule has 0 aliphatic carbocycles. The lowest BCUT2D eigenvalue weighted by atomic mass is 9.77. The predicted molar refractivity (Wildman–Crippen MR) is 106 cm³/mol. The van der Waals surface area contributed by atoms with Crippen molar-refractivity contribution in [2.75, 3.05) is 6.54 Å². The van der Waals surface area contributed by atoms with Gasteiger partial charge in [-0.15, -0.1) is 0 Å². The summed E-state index contributed by atoms with van der Waals surface area (Å²) in [6.07, 6.45) is 0.742. The Bertz CT molecular complexity index is 802. The van der Waals surface area contributed by atoms with Gasteiger partial charge in [0.05, 0.1) is 11.2 Å². The molecule has 0 radical (unpaired) electrons. The topological polar surface area (TPSA) is 77.0 Å². The van der Waals surface area contributed by atoms with Crippen molar-refractivity contribution in [2.45, 2.75) is 65.3 Å². The van der Waals surface area contributed by atoms with Crippen LogP contribution in [-0.4, -0.2) is 41.7 Å². The van der Waals surface area contributed by atoms with E-state index >= 15 is 0 Å². The van der Waals surface area contributed by atoms with Gasteiger partial charge in [-0.25, -0.2) is 13.6 Å². The third kappa shape index (κ3) is 5.70. The van der Waals surface area contributed by atoms with E-state index in [1.54, 1.807) is 20.8 Å². The number of carbonyl (C=O) groups is 1. The van der Waals surface area contributed by atoms with E-state index in [2.05, 4.69) is 5.32 Å². The van der Waals surface area contributed by atoms with E-state index in [1.807, 2.05) is 27.7 Å². The van der Waals surface area contributed by atoms with E-state index in [1.165, 1.54) is 6.08 Å². The van der Waals surface area contributed by atoms with Crippen molar-refractivity contribution in [2.24, 2.45) is 0 Å². The number of ether oxygens (including phenoxy) is 1. The standard InChI is InChI=1S/C20H28BF2NO5/c1-18(2,3)27-17(26)24-11-13(21-28-19(4,5)20(6,7)29-21)8-12-9-14(22)15(23)10-16(12)25/h8-10,25H,11H2,1-7H3,(H,24,26). The highest BCUT2D eigenvalue weighted by Gasteiger charge is 2.52. The number of hydrogen-bond acceptors (Lipinski definition) is 5. The number of phenolic OH excluding ortho intramolecular Hbond substituents is 1. The van der Waals surface area contributed by atoms with Crippen LogP contribution in [0.2, 0.25) is 0 Å². The molecular formula is C20H28BF2NO5. The fourth-order valence-corrected chi connectivity index (χ4v) is 2.55. The number of nitrogens with one attached hydrogen (secondary N) is 1. The van der Waals surface area contributed by atoms with Gasteiger partial charge < -0.3 is 24.5 Å². The second kappa shape index (κ2) is 7.95. The van der Waals surface area contributed by atoms with Crippen molar-refractivity contribution < 1.29 is 32.7 Å². The lowest BCUT2D eigenvalue weighted by molar-refractivity contribution is 0.00578. The molecule has 0 aromatic heterocycles. The highest BCUT2D eigenvalue weighted by molar-refractivity contribution is 6.56. The normalized spacial score (nSPS) is 18.7. The van der Waals surface area contributed by atoms with Gasteiger partial charge in [0.25, 0.3) is 0 Å². The van der Waals surface area contributed by atoms with Crippen LogP contribution in [0.5, 0.6) is 5.75 Å². The number of carbonyl (C=O) groups excluding carboxylic acids is 1. The molecule has 1 aromatic carbocycles. The minimum atomic E-state index is -1.16. The summed E-state index contributed by atoms with van der Waals surface area (Å²) in [5.41, 5.74) is -1.57. The molecule has 1 saturated heterocycles. The highest BCUT2D eigenvalue weighted by atomic mass is 19.2. The molecule has 0 spiro atoms. The van der Waals surface area contributed by atoms with Gasteiger partial charge in [-0.2, -0.15) is 0 Å². The van der Waals surface area contributed by atoms with Crippen LogP contribution in [0.25, 0.3) is 6.08 Å². The molecule has 29 heavy (non-hydrogen) atoms. The van der Waals surface area contributed by atoms with Crippen LogP contribution in [-0.2, 0) is 14.0 Å². The second-order valence-electron chi connectivity index (χ2n) is 8.99. The van der Waals surface area contributed by atoms with Gasteiger partial charge in [-0.1, -0.05) is 6.08 Å². The second-order valence-corrected chi connectivity index (χ2v) is 8.99. The predicted octanol–water partition coefficient (Wildman–Crippen LogP) is 4.21. The van der Waals surface area contributed by atoms with Gasteiger partial charge in [-0.05, 0) is 60.0 Å². The molecule has 0 saturated carbocycles. The summed E-state index contributed by atoms with van der Waals surface area (Å²) in [6.45, 7) is 12.6. The average Bonchev–Trinajstić information content (AvgIpc) is 2.74. The third-order valence-corrected chi connectivity index (χ3v) is 4.80. The Balaban J connectivity index is 2.34. The fourth-order valence-electron chi connectivity index (χ4n) is 2.55. The molecule has 9 heteroatoms. The molecule has 160 valence electrons. The molecule has 0 unspecified atom stereocenters. The Morgan fingerprint density at radius 3 is 2.21 bits per heavy atom. The third-order valence-electron chi connectivity index (χ3n) is 4.80. The zero-order valence-electron chi connectivity index (χ0n) is 17.9. The van der Waals surface area contributed by atoms with Crippen LogP contribution in [0.4, 0.5) is 13.6 Å². The number of amides is 1. The Morgan fingerprint density at radius 2 is 1.69 bits per heavy atom. The Labute approximate surface area is 170 Å². The molecular weight excluding hydrogens is 383 g/mol. The summed E-state index contributed by atoms with van der Waals surface area (Å²) >= 11 is 0. The van der Waals surface area contributed by atoms with Crippen molar-refractivity contribution in [1.82, 2.24) is 5.32 Å². The van der Waals surface area contributed by atoms with E-state index < -0.39 is 47.4 Å². The molecule has 0 atom stereocenters. The van der Waals surface area contributed by atoms with Crippen molar-refractivity contribution in [1.29, 1.82) is 0 Å². The SMILES string of the molecule is CC(C)(C)OC(=O)NCC(=Cc1cc(F)c(F)cc1O)B1OC(C)(C)C(C)(C)O1. The quantitative estimate of drug-likeness (QED) is 0.726. The van der Waals surface area contributed by atoms with Crippen molar-refractivity contribution in [3.05, 3.63) is 34.8 Å². The molecule has 1 fully saturated rings. The van der Waals surface area contributed by atoms with E-state index in [4.69, 9.17) is 14.0 Å². The van der Waals surface area contributed by atoms with E-state index in [-0.39, 0.29) is 12.1 Å². The first-order chi connectivity index (χ1) is 13.1. The Kier molecular flexibility index (Phi) is 6.35. The van der Waals surface area contributed by atoms with Gasteiger partial charge in [0.1, 0.15) is 11.4 Å². The van der Waals surface area contributed by atoms with Crippen LogP contribution in [0.15, 0.2) is 17.6 Å². The molecule has 0 bridgehead atoms. The molecule has 1 amide bonds. The number of phenols is 1. The number of hydrogen-bond donors (Lipinski definition) is 2. The van der Waals surface area contributed by atoms with Crippen LogP contribution < -0.4 is 5.32 Å². The van der Waals surface area contributed by atoms with Crippen molar-refractivity contribution >= 4 is 19.3 Å². The number of alkyl carbamates (subject to hydrolysis) is 1. The van der Waals surface area contributed by atoms with Gasteiger partial charge in [0, 0.05) is 18.2 Å². The van der Waals surface area contributed by atoms with Crippen LogP contribution in [0, 0.1) is 11.6 Å². The molecule has 1 aromatic rings. The first kappa shape index (κ1) is 23.2. The average molecular weight is 411 g/mol. The Morgan fingerprint density at radius 1 is 1.17 bits per heavy atom. The first-order valence-corrected chi connectivity index (χ1v) is 9.32. The molecule has 2 rings (SSSR count). The summed E-state index contributed by atoms with van der Waals surface area (Å²) in [6, 6.07) is 1.55. The maximum Gasteiger partial charge on any atom is 0.492 e. The summed E-state index contributed by atoms with van der Waals surface area (Å²) in [5, 5.41) is 12.6. The zero-order valence-corrected chi connectivity index (χ0v) is 17.9. The lowest BCUT2D eigenvalue weighted by Gasteiger charge is -2.32. The van der Waals surface area contributed by atoms with E-state index in [0.29, 0.717) is 11.5 Å². The largest absolute Gasteiger partial charge is 0.507 e. The highest BCUT2D eigenvalue weighted by Crippen LogP contribution is 2.39. The molecule has 2 N–H and O–H groups in total. The summed E-state index contributed by atoms with van der Waals surface area (Å²) in [7, 11) is -0.873. The number of halogens is 2. The molecule has 1 aliphatic heterocycles.